The summed E-state index contributed by atoms with van der Waals surface area (Å²) in [6, 6.07) is 0. The maximum Gasteiger partial charge on any atom is 0.360 e. The number of rotatable bonds is 3. The number of nitrogens with zero attached hydrogens (tertiary/aromatic N) is 3. The molecule has 0 radical (unpaired) electrons. The van der Waals surface area contributed by atoms with E-state index in [-0.39, 0.29) is 12.2 Å². The molecule has 0 aliphatic carbocycles. The summed E-state index contributed by atoms with van der Waals surface area (Å²) in [7, 11) is 1.21. The van der Waals surface area contributed by atoms with Gasteiger partial charge in [-0.25, -0.2) is 9.48 Å². The summed E-state index contributed by atoms with van der Waals surface area (Å²) in [6.07, 6.45) is 1.26. The van der Waals surface area contributed by atoms with E-state index in [4.69, 9.17) is 0 Å². The standard InChI is InChI=1S/C8H11N5O4/c1-5(14)9-11-7(15)4-13-3-6(10-12-13)8(16)17-2/h3H,4H2,1-2H3,(H,9,14)(H,11,15). The van der Waals surface area contributed by atoms with E-state index in [2.05, 4.69) is 25.9 Å². The first-order chi connectivity index (χ1) is 8.02. The Labute approximate surface area is 96.1 Å². The first kappa shape index (κ1) is 12.6. The second-order valence-corrected chi connectivity index (χ2v) is 3.02. The lowest BCUT2D eigenvalue weighted by Crippen LogP contribution is -2.42. The maximum atomic E-state index is 11.2. The Bertz CT molecular complexity index is 441. The van der Waals surface area contributed by atoms with Gasteiger partial charge in [0.1, 0.15) is 6.54 Å². The van der Waals surface area contributed by atoms with E-state index in [0.717, 1.165) is 4.68 Å². The summed E-state index contributed by atoms with van der Waals surface area (Å²) in [5.74, 6) is -1.53. The summed E-state index contributed by atoms with van der Waals surface area (Å²) >= 11 is 0. The summed E-state index contributed by atoms with van der Waals surface area (Å²) < 4.78 is 5.56. The van der Waals surface area contributed by atoms with Crippen LogP contribution in [0.5, 0.6) is 0 Å². The lowest BCUT2D eigenvalue weighted by Gasteiger charge is -2.03. The minimum absolute atomic E-state index is 0.000160. The molecule has 1 heterocycles. The van der Waals surface area contributed by atoms with Crippen LogP contribution in [0.1, 0.15) is 17.4 Å². The van der Waals surface area contributed by atoms with E-state index >= 15 is 0 Å². The third kappa shape index (κ3) is 3.89. The number of carbonyl (C=O) groups excluding carboxylic acids is 3. The molecule has 0 atom stereocenters. The van der Waals surface area contributed by atoms with E-state index in [9.17, 15) is 14.4 Å². The van der Waals surface area contributed by atoms with Gasteiger partial charge in [0.25, 0.3) is 5.91 Å². The molecule has 1 rings (SSSR count). The Morgan fingerprint density at radius 1 is 1.41 bits per heavy atom. The van der Waals surface area contributed by atoms with Crippen molar-refractivity contribution in [2.45, 2.75) is 13.5 Å². The maximum absolute atomic E-state index is 11.2. The van der Waals surface area contributed by atoms with Gasteiger partial charge in [-0.2, -0.15) is 0 Å². The normalized spacial score (nSPS) is 9.53. The van der Waals surface area contributed by atoms with Crippen molar-refractivity contribution in [1.29, 1.82) is 0 Å². The van der Waals surface area contributed by atoms with Crippen molar-refractivity contribution >= 4 is 17.8 Å². The van der Waals surface area contributed by atoms with E-state index < -0.39 is 17.8 Å². The molecule has 17 heavy (non-hydrogen) atoms. The molecule has 0 fully saturated rings. The van der Waals surface area contributed by atoms with Gasteiger partial charge in [-0.1, -0.05) is 5.21 Å². The molecule has 2 N–H and O–H groups in total. The number of nitrogens with one attached hydrogen (secondary N) is 2. The van der Waals surface area contributed by atoms with Crippen LogP contribution >= 0.6 is 0 Å². The molecule has 0 bridgehead atoms. The van der Waals surface area contributed by atoms with Gasteiger partial charge in [0, 0.05) is 6.92 Å². The van der Waals surface area contributed by atoms with Crippen LogP contribution in [0.2, 0.25) is 0 Å². The van der Waals surface area contributed by atoms with Gasteiger partial charge in [0.2, 0.25) is 5.91 Å². The van der Waals surface area contributed by atoms with E-state index in [1.807, 2.05) is 0 Å². The van der Waals surface area contributed by atoms with Gasteiger partial charge < -0.3 is 4.74 Å². The number of ether oxygens (including phenoxy) is 1. The summed E-state index contributed by atoms with van der Waals surface area (Å²) in [4.78, 5) is 32.8. The first-order valence-electron chi connectivity index (χ1n) is 4.57. The highest BCUT2D eigenvalue weighted by Crippen LogP contribution is 1.94. The second kappa shape index (κ2) is 5.58. The average molecular weight is 241 g/mol. The van der Waals surface area contributed by atoms with Crippen LogP contribution in [0.25, 0.3) is 0 Å². The smallest absolute Gasteiger partial charge is 0.360 e. The van der Waals surface area contributed by atoms with Crippen LogP contribution in [0.4, 0.5) is 0 Å². The topological polar surface area (TPSA) is 115 Å². The molecule has 9 nitrogen and oxygen atoms in total. The van der Waals surface area contributed by atoms with Crippen LogP contribution in [0.3, 0.4) is 0 Å². The van der Waals surface area contributed by atoms with Crippen molar-refractivity contribution < 1.29 is 19.1 Å². The fourth-order valence-electron chi connectivity index (χ4n) is 0.918. The molecule has 92 valence electrons. The van der Waals surface area contributed by atoms with Gasteiger partial charge >= 0.3 is 5.97 Å². The number of esters is 1. The van der Waals surface area contributed by atoms with Crippen LogP contribution in [0.15, 0.2) is 6.20 Å². The molecule has 9 heteroatoms. The number of methoxy groups -OCH3 is 1. The summed E-state index contributed by atoms with van der Waals surface area (Å²) in [5.41, 5.74) is 4.25. The Kier molecular flexibility index (Phi) is 4.14. The van der Waals surface area contributed by atoms with Crippen LogP contribution in [-0.4, -0.2) is 39.9 Å². The molecule has 1 aromatic heterocycles. The molecule has 0 saturated heterocycles. The van der Waals surface area contributed by atoms with E-state index in [0.29, 0.717) is 0 Å². The van der Waals surface area contributed by atoms with Gasteiger partial charge in [-0.3, -0.25) is 20.4 Å². The number of hydrazine groups is 1. The number of aromatic nitrogens is 3. The molecule has 0 aliphatic heterocycles. The highest BCUT2D eigenvalue weighted by Gasteiger charge is 2.12. The fourth-order valence-corrected chi connectivity index (χ4v) is 0.918. The number of hydrogen-bond acceptors (Lipinski definition) is 6. The fraction of sp³-hybridized carbons (Fsp3) is 0.375. The molecule has 0 aliphatic rings. The average Bonchev–Trinajstić information content (AvgIpc) is 2.73. The minimum atomic E-state index is -0.640. The number of amides is 2. The lowest BCUT2D eigenvalue weighted by molar-refractivity contribution is -0.128. The largest absolute Gasteiger partial charge is 0.464 e. The highest BCUT2D eigenvalue weighted by molar-refractivity contribution is 5.86. The molecular formula is C8H11N5O4. The van der Waals surface area contributed by atoms with Crippen molar-refractivity contribution in [3.63, 3.8) is 0 Å². The number of hydrogen-bond donors (Lipinski definition) is 2. The Morgan fingerprint density at radius 2 is 2.12 bits per heavy atom. The zero-order valence-corrected chi connectivity index (χ0v) is 9.26. The Hall–Kier alpha value is -2.45. The zero-order chi connectivity index (χ0) is 12.8. The van der Waals surface area contributed by atoms with Crippen molar-refractivity contribution in [2.24, 2.45) is 0 Å². The van der Waals surface area contributed by atoms with Gasteiger partial charge in [0.05, 0.1) is 13.3 Å². The minimum Gasteiger partial charge on any atom is -0.464 e. The Balaban J connectivity index is 2.51. The van der Waals surface area contributed by atoms with Crippen molar-refractivity contribution in [1.82, 2.24) is 25.8 Å². The predicted octanol–water partition coefficient (Wildman–Crippen LogP) is -1.77. The van der Waals surface area contributed by atoms with E-state index in [1.54, 1.807) is 0 Å². The number of carbonyl (C=O) groups is 3. The van der Waals surface area contributed by atoms with Crippen LogP contribution < -0.4 is 10.9 Å². The Morgan fingerprint density at radius 3 is 2.71 bits per heavy atom. The van der Waals surface area contributed by atoms with Crippen molar-refractivity contribution in [3.05, 3.63) is 11.9 Å². The van der Waals surface area contributed by atoms with E-state index in [1.165, 1.54) is 20.2 Å². The van der Waals surface area contributed by atoms with Crippen molar-refractivity contribution in [3.8, 4) is 0 Å². The van der Waals surface area contributed by atoms with Crippen LogP contribution in [-0.2, 0) is 20.9 Å². The molecule has 0 saturated carbocycles. The molecule has 0 unspecified atom stereocenters. The zero-order valence-electron chi connectivity index (χ0n) is 9.26. The predicted molar refractivity (Wildman–Crippen MR) is 53.3 cm³/mol. The van der Waals surface area contributed by atoms with Gasteiger partial charge in [-0.15, -0.1) is 5.10 Å². The molecular weight excluding hydrogens is 230 g/mol. The monoisotopic (exact) mass is 241 g/mol. The van der Waals surface area contributed by atoms with Crippen LogP contribution in [0, 0.1) is 0 Å². The first-order valence-corrected chi connectivity index (χ1v) is 4.57. The molecule has 2 amide bonds. The quantitative estimate of drug-likeness (QED) is 0.478. The van der Waals surface area contributed by atoms with Gasteiger partial charge in [-0.05, 0) is 0 Å². The highest BCUT2D eigenvalue weighted by atomic mass is 16.5. The summed E-state index contributed by atoms with van der Waals surface area (Å²) in [6.45, 7) is 1.08. The lowest BCUT2D eigenvalue weighted by atomic mass is 10.5. The van der Waals surface area contributed by atoms with Gasteiger partial charge in [0.15, 0.2) is 5.69 Å². The molecule has 0 spiro atoms. The second-order valence-electron chi connectivity index (χ2n) is 3.02. The molecule has 0 aromatic carbocycles. The molecule has 1 aromatic rings. The third-order valence-corrected chi connectivity index (χ3v) is 1.62. The summed E-state index contributed by atoms with van der Waals surface area (Å²) in [5, 5.41) is 7.05. The van der Waals surface area contributed by atoms with Crippen molar-refractivity contribution in [2.75, 3.05) is 7.11 Å². The third-order valence-electron chi connectivity index (χ3n) is 1.62. The SMILES string of the molecule is COC(=O)c1cn(CC(=O)NNC(C)=O)nn1.